The average molecular weight is 224 g/mol. The van der Waals surface area contributed by atoms with Crippen molar-refractivity contribution in [2.24, 2.45) is 23.2 Å². The van der Waals surface area contributed by atoms with Crippen LogP contribution in [0.25, 0.3) is 0 Å². The van der Waals surface area contributed by atoms with Gasteiger partial charge in [-0.05, 0) is 30.6 Å². The van der Waals surface area contributed by atoms with Crippen LogP contribution in [-0.4, -0.2) is 12.1 Å². The number of carbonyl (C=O) groups excluding carboxylic acids is 1. The van der Waals surface area contributed by atoms with E-state index >= 15 is 0 Å². The van der Waals surface area contributed by atoms with Crippen molar-refractivity contribution in [1.82, 2.24) is 0 Å². The molecular weight excluding hydrogens is 200 g/mol. The maximum absolute atomic E-state index is 11.6. The Morgan fingerprint density at radius 3 is 2.88 bits per heavy atom. The summed E-state index contributed by atoms with van der Waals surface area (Å²) in [5.74, 6) is 1.38. The summed E-state index contributed by atoms with van der Waals surface area (Å²) in [7, 11) is 0. The van der Waals surface area contributed by atoms with E-state index in [4.69, 9.17) is 4.74 Å². The molecule has 16 heavy (non-hydrogen) atoms. The minimum absolute atomic E-state index is 0.0309. The summed E-state index contributed by atoms with van der Waals surface area (Å²) in [5, 5.41) is 0. The van der Waals surface area contributed by atoms with E-state index in [2.05, 4.69) is 20.8 Å². The molecule has 1 heterocycles. The number of hydrogen-bond donors (Lipinski definition) is 0. The Hall–Kier alpha value is -0.530. The van der Waals surface area contributed by atoms with E-state index in [1.165, 1.54) is 19.3 Å². The standard InChI is InChI=1S/C14H24O2/c1-5-9(2)14(4)7-6-11-10(3)13(15)16-12(11)8-14/h9-12H,5-8H2,1-4H3/t9?,10-,11?,12-,14?/m1/s1. The Bertz CT molecular complexity index is 286. The number of rotatable bonds is 2. The molecule has 0 radical (unpaired) electrons. The van der Waals surface area contributed by atoms with Crippen molar-refractivity contribution in [3.8, 4) is 0 Å². The maximum atomic E-state index is 11.6. The van der Waals surface area contributed by atoms with Gasteiger partial charge in [0.1, 0.15) is 6.10 Å². The van der Waals surface area contributed by atoms with Crippen molar-refractivity contribution >= 4 is 5.97 Å². The van der Waals surface area contributed by atoms with Crippen LogP contribution in [0, 0.1) is 23.2 Å². The lowest BCUT2D eigenvalue weighted by atomic mass is 9.62. The summed E-state index contributed by atoms with van der Waals surface area (Å²) in [5.41, 5.74) is 0.375. The molecule has 1 aliphatic heterocycles. The van der Waals surface area contributed by atoms with Gasteiger partial charge in [-0.25, -0.2) is 0 Å². The van der Waals surface area contributed by atoms with E-state index in [1.807, 2.05) is 6.92 Å². The third-order valence-electron chi connectivity index (χ3n) is 5.28. The summed E-state index contributed by atoms with van der Waals surface area (Å²) < 4.78 is 5.53. The third kappa shape index (κ3) is 1.76. The van der Waals surface area contributed by atoms with Crippen LogP contribution in [0.5, 0.6) is 0 Å². The molecule has 1 saturated carbocycles. The molecule has 2 nitrogen and oxygen atoms in total. The largest absolute Gasteiger partial charge is 0.462 e. The lowest BCUT2D eigenvalue weighted by Crippen LogP contribution is -2.38. The predicted octanol–water partition coefficient (Wildman–Crippen LogP) is 3.40. The van der Waals surface area contributed by atoms with Crippen LogP contribution in [0.3, 0.4) is 0 Å². The second-order valence-electron chi connectivity index (χ2n) is 6.13. The Labute approximate surface area is 98.7 Å². The Morgan fingerprint density at radius 1 is 1.56 bits per heavy atom. The second kappa shape index (κ2) is 4.05. The number of esters is 1. The molecule has 0 N–H and O–H groups in total. The molecule has 0 aromatic carbocycles. The molecule has 0 amide bonds. The smallest absolute Gasteiger partial charge is 0.309 e. The topological polar surface area (TPSA) is 26.3 Å². The van der Waals surface area contributed by atoms with Crippen molar-refractivity contribution in [1.29, 1.82) is 0 Å². The first-order valence-corrected chi connectivity index (χ1v) is 6.68. The summed E-state index contributed by atoms with van der Waals surface area (Å²) in [6, 6.07) is 0. The second-order valence-corrected chi connectivity index (χ2v) is 6.13. The lowest BCUT2D eigenvalue weighted by Gasteiger charge is -2.43. The van der Waals surface area contributed by atoms with E-state index in [1.54, 1.807) is 0 Å². The average Bonchev–Trinajstić information content (AvgIpc) is 2.53. The minimum atomic E-state index is 0.0309. The molecule has 92 valence electrons. The highest BCUT2D eigenvalue weighted by Crippen LogP contribution is 2.50. The van der Waals surface area contributed by atoms with Crippen LogP contribution in [-0.2, 0) is 9.53 Å². The van der Waals surface area contributed by atoms with Crippen LogP contribution >= 0.6 is 0 Å². The van der Waals surface area contributed by atoms with Crippen LogP contribution in [0.4, 0.5) is 0 Å². The van der Waals surface area contributed by atoms with Gasteiger partial charge >= 0.3 is 5.97 Å². The van der Waals surface area contributed by atoms with Crippen molar-refractivity contribution in [3.05, 3.63) is 0 Å². The molecular formula is C14H24O2. The quantitative estimate of drug-likeness (QED) is 0.672. The molecule has 2 aliphatic rings. The van der Waals surface area contributed by atoms with Gasteiger partial charge in [-0.1, -0.05) is 34.1 Å². The Morgan fingerprint density at radius 2 is 2.25 bits per heavy atom. The molecule has 3 unspecified atom stereocenters. The fraction of sp³-hybridized carbons (Fsp3) is 0.929. The zero-order chi connectivity index (χ0) is 11.9. The molecule has 2 rings (SSSR count). The highest BCUT2D eigenvalue weighted by molar-refractivity contribution is 5.74. The first kappa shape index (κ1) is 11.9. The number of hydrogen-bond acceptors (Lipinski definition) is 2. The van der Waals surface area contributed by atoms with Gasteiger partial charge in [0.15, 0.2) is 0 Å². The normalized spacial score (nSPS) is 45.0. The SMILES string of the molecule is CCC(C)C1(C)CCC2[C@@H](C1)OC(=O)[C@@H]2C. The van der Waals surface area contributed by atoms with E-state index < -0.39 is 0 Å². The van der Waals surface area contributed by atoms with Crippen molar-refractivity contribution < 1.29 is 9.53 Å². The molecule has 1 saturated heterocycles. The van der Waals surface area contributed by atoms with Crippen LogP contribution in [0.2, 0.25) is 0 Å². The third-order valence-corrected chi connectivity index (χ3v) is 5.28. The van der Waals surface area contributed by atoms with Gasteiger partial charge in [-0.2, -0.15) is 0 Å². The van der Waals surface area contributed by atoms with Gasteiger partial charge in [-0.15, -0.1) is 0 Å². The van der Waals surface area contributed by atoms with Gasteiger partial charge in [0.25, 0.3) is 0 Å². The van der Waals surface area contributed by atoms with E-state index in [9.17, 15) is 4.79 Å². The van der Waals surface area contributed by atoms with E-state index in [0.29, 0.717) is 11.3 Å². The molecule has 1 aliphatic carbocycles. The molecule has 0 aromatic heterocycles. The monoisotopic (exact) mass is 224 g/mol. The molecule has 0 aromatic rings. The van der Waals surface area contributed by atoms with Crippen molar-refractivity contribution in [2.75, 3.05) is 0 Å². The molecule has 0 bridgehead atoms. The van der Waals surface area contributed by atoms with Crippen molar-refractivity contribution in [2.45, 2.75) is 59.5 Å². The minimum Gasteiger partial charge on any atom is -0.462 e. The summed E-state index contributed by atoms with van der Waals surface area (Å²) >= 11 is 0. The zero-order valence-corrected chi connectivity index (χ0v) is 11.0. The molecule has 2 heteroatoms. The number of ether oxygens (including phenoxy) is 1. The van der Waals surface area contributed by atoms with Gasteiger partial charge in [0.2, 0.25) is 0 Å². The Kier molecular flexibility index (Phi) is 3.02. The zero-order valence-electron chi connectivity index (χ0n) is 11.0. The maximum Gasteiger partial charge on any atom is 0.309 e. The molecule has 2 fully saturated rings. The summed E-state index contributed by atoms with van der Waals surface area (Å²) in [6.45, 7) is 8.99. The van der Waals surface area contributed by atoms with Gasteiger partial charge in [-0.3, -0.25) is 4.79 Å². The summed E-state index contributed by atoms with van der Waals surface area (Å²) in [4.78, 5) is 11.6. The fourth-order valence-electron chi connectivity index (χ4n) is 3.47. The highest BCUT2D eigenvalue weighted by atomic mass is 16.6. The van der Waals surface area contributed by atoms with Crippen LogP contribution in [0.15, 0.2) is 0 Å². The highest BCUT2D eigenvalue weighted by Gasteiger charge is 2.49. The van der Waals surface area contributed by atoms with Crippen molar-refractivity contribution in [3.63, 3.8) is 0 Å². The number of carbonyl (C=O) groups is 1. The number of fused-ring (bicyclic) bond motifs is 1. The fourth-order valence-corrected chi connectivity index (χ4v) is 3.47. The van der Waals surface area contributed by atoms with Gasteiger partial charge in [0.05, 0.1) is 5.92 Å². The molecule has 0 spiro atoms. The first-order chi connectivity index (χ1) is 7.48. The molecule has 5 atom stereocenters. The summed E-state index contributed by atoms with van der Waals surface area (Å²) in [6.07, 6.45) is 4.91. The van der Waals surface area contributed by atoms with E-state index in [0.717, 1.165) is 12.3 Å². The first-order valence-electron chi connectivity index (χ1n) is 6.68. The van der Waals surface area contributed by atoms with Gasteiger partial charge < -0.3 is 4.74 Å². The lowest BCUT2D eigenvalue weighted by molar-refractivity contribution is -0.145. The van der Waals surface area contributed by atoms with Crippen LogP contribution < -0.4 is 0 Å². The Balaban J connectivity index is 2.09. The predicted molar refractivity (Wildman–Crippen MR) is 63.9 cm³/mol. The van der Waals surface area contributed by atoms with Gasteiger partial charge in [0, 0.05) is 5.92 Å². The van der Waals surface area contributed by atoms with Crippen LogP contribution in [0.1, 0.15) is 53.4 Å². The van der Waals surface area contributed by atoms with E-state index in [-0.39, 0.29) is 18.0 Å².